The van der Waals surface area contributed by atoms with E-state index in [0.717, 1.165) is 6.07 Å². The highest BCUT2D eigenvalue weighted by atomic mass is 19.1. The summed E-state index contributed by atoms with van der Waals surface area (Å²) in [7, 11) is 0. The van der Waals surface area contributed by atoms with Crippen LogP contribution in [0.3, 0.4) is 0 Å². The zero-order valence-electron chi connectivity index (χ0n) is 8.90. The summed E-state index contributed by atoms with van der Waals surface area (Å²) in [6.07, 6.45) is 0. The largest absolute Gasteiger partial charge is 0.508 e. The number of anilines is 1. The second-order valence-electron chi connectivity index (χ2n) is 3.44. The zero-order chi connectivity index (χ0) is 12.4. The standard InChI is InChI=1S/C11H9FN2O3/c1-6-4-10(14-17-6)11(16)13-9-3-2-7(15)5-8(9)12/h2-5,15H,1H3,(H,13,16). The second kappa shape index (κ2) is 4.25. The average Bonchev–Trinajstić information content (AvgIpc) is 2.69. The van der Waals surface area contributed by atoms with Gasteiger partial charge in [0.05, 0.1) is 5.69 Å². The molecule has 0 unspecified atom stereocenters. The van der Waals surface area contributed by atoms with E-state index in [2.05, 4.69) is 10.5 Å². The number of aromatic nitrogens is 1. The molecule has 0 radical (unpaired) electrons. The van der Waals surface area contributed by atoms with E-state index in [-0.39, 0.29) is 17.1 Å². The number of rotatable bonds is 2. The van der Waals surface area contributed by atoms with Gasteiger partial charge in [0.15, 0.2) is 5.69 Å². The molecule has 0 saturated heterocycles. The van der Waals surface area contributed by atoms with Crippen LogP contribution in [0.4, 0.5) is 10.1 Å². The summed E-state index contributed by atoms with van der Waals surface area (Å²) in [4.78, 5) is 11.6. The van der Waals surface area contributed by atoms with Crippen LogP contribution in [0.25, 0.3) is 0 Å². The minimum atomic E-state index is -0.724. The fraction of sp³-hybridized carbons (Fsp3) is 0.0909. The van der Waals surface area contributed by atoms with Crippen molar-refractivity contribution in [2.45, 2.75) is 6.92 Å². The fourth-order valence-electron chi connectivity index (χ4n) is 1.27. The molecule has 88 valence electrons. The highest BCUT2D eigenvalue weighted by Crippen LogP contribution is 2.19. The molecule has 2 N–H and O–H groups in total. The number of nitrogens with one attached hydrogen (secondary N) is 1. The maximum absolute atomic E-state index is 13.3. The summed E-state index contributed by atoms with van der Waals surface area (Å²) < 4.78 is 18.0. The molecule has 0 spiro atoms. The Balaban J connectivity index is 2.18. The summed E-state index contributed by atoms with van der Waals surface area (Å²) in [5, 5.41) is 14.8. The van der Waals surface area contributed by atoms with Crippen LogP contribution in [0, 0.1) is 12.7 Å². The Morgan fingerprint density at radius 1 is 1.47 bits per heavy atom. The molecule has 17 heavy (non-hydrogen) atoms. The molecule has 0 aliphatic heterocycles. The van der Waals surface area contributed by atoms with Crippen molar-refractivity contribution in [3.05, 3.63) is 41.5 Å². The van der Waals surface area contributed by atoms with E-state index in [1.807, 2.05) is 0 Å². The Kier molecular flexibility index (Phi) is 2.78. The van der Waals surface area contributed by atoms with Crippen LogP contribution < -0.4 is 5.32 Å². The van der Waals surface area contributed by atoms with Gasteiger partial charge in [-0.2, -0.15) is 0 Å². The monoisotopic (exact) mass is 236 g/mol. The average molecular weight is 236 g/mol. The third-order valence-electron chi connectivity index (χ3n) is 2.06. The van der Waals surface area contributed by atoms with Crippen LogP contribution in [-0.4, -0.2) is 16.2 Å². The molecular weight excluding hydrogens is 227 g/mol. The lowest BCUT2D eigenvalue weighted by Gasteiger charge is -2.04. The molecular formula is C11H9FN2O3. The Morgan fingerprint density at radius 3 is 2.82 bits per heavy atom. The van der Waals surface area contributed by atoms with E-state index in [1.54, 1.807) is 6.92 Å². The van der Waals surface area contributed by atoms with Crippen molar-refractivity contribution in [2.75, 3.05) is 5.32 Å². The molecule has 0 saturated carbocycles. The van der Waals surface area contributed by atoms with Crippen molar-refractivity contribution in [1.29, 1.82) is 0 Å². The van der Waals surface area contributed by atoms with E-state index in [4.69, 9.17) is 9.63 Å². The molecule has 0 atom stereocenters. The third-order valence-corrected chi connectivity index (χ3v) is 2.06. The Hall–Kier alpha value is -2.37. The Bertz CT molecular complexity index is 566. The number of hydrogen-bond donors (Lipinski definition) is 2. The lowest BCUT2D eigenvalue weighted by atomic mass is 10.2. The first kappa shape index (κ1) is 11.1. The van der Waals surface area contributed by atoms with E-state index in [0.29, 0.717) is 5.76 Å². The smallest absolute Gasteiger partial charge is 0.277 e. The molecule has 1 aromatic carbocycles. The topological polar surface area (TPSA) is 75.4 Å². The van der Waals surface area contributed by atoms with Crippen molar-refractivity contribution in [2.24, 2.45) is 0 Å². The highest BCUT2D eigenvalue weighted by molar-refractivity contribution is 6.02. The van der Waals surface area contributed by atoms with Crippen LogP contribution in [0.2, 0.25) is 0 Å². The molecule has 0 fully saturated rings. The van der Waals surface area contributed by atoms with Crippen LogP contribution in [0.15, 0.2) is 28.8 Å². The van der Waals surface area contributed by atoms with Gasteiger partial charge < -0.3 is 14.9 Å². The molecule has 6 heteroatoms. The minimum Gasteiger partial charge on any atom is -0.508 e. The van der Waals surface area contributed by atoms with Gasteiger partial charge in [0.1, 0.15) is 17.3 Å². The van der Waals surface area contributed by atoms with Crippen molar-refractivity contribution in [3.8, 4) is 5.75 Å². The Labute approximate surface area is 95.9 Å². The highest BCUT2D eigenvalue weighted by Gasteiger charge is 2.13. The number of aromatic hydroxyl groups is 1. The first-order valence-corrected chi connectivity index (χ1v) is 4.79. The SMILES string of the molecule is Cc1cc(C(=O)Nc2ccc(O)cc2F)no1. The number of benzene rings is 1. The maximum Gasteiger partial charge on any atom is 0.277 e. The van der Waals surface area contributed by atoms with Gasteiger partial charge in [0.25, 0.3) is 5.91 Å². The molecule has 0 bridgehead atoms. The molecule has 2 aromatic rings. The van der Waals surface area contributed by atoms with Gasteiger partial charge in [-0.25, -0.2) is 4.39 Å². The number of halogens is 1. The predicted molar refractivity (Wildman–Crippen MR) is 57.3 cm³/mol. The lowest BCUT2D eigenvalue weighted by molar-refractivity contribution is 0.101. The number of phenols is 1. The normalized spacial score (nSPS) is 10.2. The minimum absolute atomic E-state index is 0.0338. The summed E-state index contributed by atoms with van der Waals surface area (Å²) in [6.45, 7) is 1.64. The number of phenolic OH excluding ortho intramolecular Hbond substituents is 1. The molecule has 0 aliphatic rings. The van der Waals surface area contributed by atoms with E-state index in [1.165, 1.54) is 18.2 Å². The van der Waals surface area contributed by atoms with Gasteiger partial charge in [-0.15, -0.1) is 0 Å². The van der Waals surface area contributed by atoms with Crippen LogP contribution in [0.1, 0.15) is 16.2 Å². The van der Waals surface area contributed by atoms with Crippen molar-refractivity contribution >= 4 is 11.6 Å². The summed E-state index contributed by atoms with van der Waals surface area (Å²) in [6, 6.07) is 4.87. The molecule has 1 aromatic heterocycles. The number of carbonyl (C=O) groups is 1. The van der Waals surface area contributed by atoms with Crippen LogP contribution in [0.5, 0.6) is 5.75 Å². The van der Waals surface area contributed by atoms with Gasteiger partial charge in [-0.1, -0.05) is 5.16 Å². The quantitative estimate of drug-likeness (QED) is 0.783. The van der Waals surface area contributed by atoms with Gasteiger partial charge in [-0.3, -0.25) is 4.79 Å². The molecule has 2 rings (SSSR count). The first-order chi connectivity index (χ1) is 8.06. The molecule has 1 amide bonds. The maximum atomic E-state index is 13.3. The molecule has 0 aliphatic carbocycles. The van der Waals surface area contributed by atoms with E-state index < -0.39 is 11.7 Å². The number of aryl methyl sites for hydroxylation is 1. The first-order valence-electron chi connectivity index (χ1n) is 4.79. The van der Waals surface area contributed by atoms with Gasteiger partial charge in [-0.05, 0) is 19.1 Å². The number of carbonyl (C=O) groups excluding carboxylic acids is 1. The predicted octanol–water partition coefficient (Wildman–Crippen LogP) is 2.08. The van der Waals surface area contributed by atoms with E-state index >= 15 is 0 Å². The van der Waals surface area contributed by atoms with Crippen LogP contribution >= 0.6 is 0 Å². The van der Waals surface area contributed by atoms with Gasteiger partial charge >= 0.3 is 0 Å². The zero-order valence-corrected chi connectivity index (χ0v) is 8.90. The summed E-state index contributed by atoms with van der Waals surface area (Å²) in [5.41, 5.74) is 0.0310. The van der Waals surface area contributed by atoms with Crippen molar-refractivity contribution in [3.63, 3.8) is 0 Å². The van der Waals surface area contributed by atoms with Crippen molar-refractivity contribution in [1.82, 2.24) is 5.16 Å². The van der Waals surface area contributed by atoms with Gasteiger partial charge in [0, 0.05) is 12.1 Å². The molecule has 1 heterocycles. The third kappa shape index (κ3) is 2.41. The summed E-state index contributed by atoms with van der Waals surface area (Å²) >= 11 is 0. The number of amides is 1. The van der Waals surface area contributed by atoms with E-state index in [9.17, 15) is 9.18 Å². The lowest BCUT2D eigenvalue weighted by Crippen LogP contribution is -2.13. The fourth-order valence-corrected chi connectivity index (χ4v) is 1.27. The molecule has 5 nitrogen and oxygen atoms in total. The van der Waals surface area contributed by atoms with Crippen LogP contribution in [-0.2, 0) is 0 Å². The summed E-state index contributed by atoms with van der Waals surface area (Å²) in [5.74, 6) is -1.02. The number of hydrogen-bond acceptors (Lipinski definition) is 4. The number of nitrogens with zero attached hydrogens (tertiary/aromatic N) is 1. The van der Waals surface area contributed by atoms with Crippen molar-refractivity contribution < 1.29 is 18.8 Å². The second-order valence-corrected chi connectivity index (χ2v) is 3.44. The Morgan fingerprint density at radius 2 is 2.24 bits per heavy atom. The van der Waals surface area contributed by atoms with Gasteiger partial charge in [0.2, 0.25) is 0 Å².